The quantitative estimate of drug-likeness (QED) is 0.514. The number of hydrogen-bond donors (Lipinski definition) is 0. The van der Waals surface area contributed by atoms with Crippen molar-refractivity contribution < 1.29 is 13.9 Å². The maximum absolute atomic E-state index is 13.2. The molecule has 1 fully saturated rings. The van der Waals surface area contributed by atoms with Gasteiger partial charge in [-0.2, -0.15) is 0 Å². The van der Waals surface area contributed by atoms with E-state index in [1.165, 1.54) is 0 Å². The van der Waals surface area contributed by atoms with E-state index in [0.717, 1.165) is 34.7 Å². The smallest absolute Gasteiger partial charge is 0.254 e. The van der Waals surface area contributed by atoms with E-state index >= 15 is 0 Å². The first kappa shape index (κ1) is 18.4. The number of aromatic nitrogens is 3. The number of benzene rings is 1. The number of carbonyl (C=O) groups excluding carboxylic acids is 1. The molecule has 0 saturated carbocycles. The summed E-state index contributed by atoms with van der Waals surface area (Å²) < 4.78 is 13.0. The summed E-state index contributed by atoms with van der Waals surface area (Å²) in [6.45, 7) is 3.21. The van der Waals surface area contributed by atoms with Crippen molar-refractivity contribution in [1.82, 2.24) is 19.4 Å². The minimum atomic E-state index is 0.0366. The number of carbonyl (C=O) groups is 1. The molecule has 1 saturated heterocycles. The van der Waals surface area contributed by atoms with Gasteiger partial charge in [0.25, 0.3) is 5.91 Å². The van der Waals surface area contributed by atoms with Gasteiger partial charge in [0.1, 0.15) is 11.3 Å². The van der Waals surface area contributed by atoms with E-state index in [2.05, 4.69) is 9.55 Å². The van der Waals surface area contributed by atoms with Crippen LogP contribution in [-0.4, -0.2) is 45.5 Å². The highest BCUT2D eigenvalue weighted by Crippen LogP contribution is 2.33. The Labute approximate surface area is 173 Å². The summed E-state index contributed by atoms with van der Waals surface area (Å²) in [5.74, 6) is 2.23. The Morgan fingerprint density at radius 1 is 1.23 bits per heavy atom. The summed E-state index contributed by atoms with van der Waals surface area (Å²) in [5.41, 5.74) is 3.24. The molecule has 1 aromatic carbocycles. The van der Waals surface area contributed by atoms with Gasteiger partial charge in [0.2, 0.25) is 0 Å². The van der Waals surface area contributed by atoms with Crippen molar-refractivity contribution >= 4 is 17.1 Å². The molecule has 0 radical (unpaired) electrons. The molecule has 0 unspecified atom stereocenters. The normalized spacial score (nSPS) is 16.3. The van der Waals surface area contributed by atoms with Gasteiger partial charge in [-0.25, -0.2) is 9.97 Å². The molecule has 4 aromatic rings. The van der Waals surface area contributed by atoms with E-state index in [1.54, 1.807) is 19.6 Å². The summed E-state index contributed by atoms with van der Waals surface area (Å²) in [6, 6.07) is 13.2. The Morgan fingerprint density at radius 3 is 2.90 bits per heavy atom. The van der Waals surface area contributed by atoms with Gasteiger partial charge in [-0.1, -0.05) is 0 Å². The van der Waals surface area contributed by atoms with Gasteiger partial charge in [0.15, 0.2) is 17.2 Å². The van der Waals surface area contributed by atoms with Crippen molar-refractivity contribution in [2.24, 2.45) is 0 Å². The van der Waals surface area contributed by atoms with Crippen LogP contribution >= 0.6 is 0 Å². The molecule has 1 atom stereocenters. The van der Waals surface area contributed by atoms with E-state index in [9.17, 15) is 4.79 Å². The second-order valence-corrected chi connectivity index (χ2v) is 7.50. The van der Waals surface area contributed by atoms with E-state index in [4.69, 9.17) is 14.1 Å². The first-order valence-corrected chi connectivity index (χ1v) is 9.96. The van der Waals surface area contributed by atoms with Crippen LogP contribution in [0.25, 0.3) is 22.7 Å². The topological polar surface area (TPSA) is 73.4 Å². The number of ether oxygens (including phenoxy) is 1. The number of aryl methyl sites for hydroxylation is 1. The Bertz CT molecular complexity index is 1210. The van der Waals surface area contributed by atoms with Crippen molar-refractivity contribution in [2.45, 2.75) is 19.4 Å². The van der Waals surface area contributed by atoms with E-state index < -0.39 is 0 Å². The second kappa shape index (κ2) is 7.33. The standard InChI is InChI=1S/C23H22N4O3/c1-15-13-17(29-2)7-8-18(15)23(28)26-11-9-16(14-26)27-21-19(5-3-10-24-21)25-22(27)20-6-4-12-30-20/h3-8,10,12-13,16H,9,11,14H2,1-2H3/t16-/m0/s1. The van der Waals surface area contributed by atoms with Crippen LogP contribution in [0.2, 0.25) is 0 Å². The first-order valence-electron chi connectivity index (χ1n) is 9.96. The molecule has 30 heavy (non-hydrogen) atoms. The number of pyridine rings is 1. The van der Waals surface area contributed by atoms with Gasteiger partial charge in [-0.15, -0.1) is 0 Å². The molecular formula is C23H22N4O3. The van der Waals surface area contributed by atoms with Gasteiger partial charge in [0.05, 0.1) is 19.4 Å². The summed E-state index contributed by atoms with van der Waals surface area (Å²) in [4.78, 5) is 24.4. The molecule has 1 aliphatic heterocycles. The van der Waals surface area contributed by atoms with E-state index in [1.807, 2.05) is 54.3 Å². The molecule has 0 N–H and O–H groups in total. The number of rotatable bonds is 4. The molecule has 152 valence electrons. The predicted molar refractivity (Wildman–Crippen MR) is 113 cm³/mol. The van der Waals surface area contributed by atoms with Crippen molar-refractivity contribution in [3.8, 4) is 17.3 Å². The number of hydrogen-bond acceptors (Lipinski definition) is 5. The maximum Gasteiger partial charge on any atom is 0.254 e. The van der Waals surface area contributed by atoms with Crippen molar-refractivity contribution in [1.29, 1.82) is 0 Å². The Hall–Kier alpha value is -3.61. The van der Waals surface area contributed by atoms with Crippen LogP contribution in [0.4, 0.5) is 0 Å². The number of likely N-dealkylation sites (tertiary alicyclic amines) is 1. The number of imidazole rings is 1. The number of furan rings is 1. The molecule has 0 spiro atoms. The highest BCUT2D eigenvalue weighted by molar-refractivity contribution is 5.96. The fraction of sp³-hybridized carbons (Fsp3) is 0.261. The first-order chi connectivity index (χ1) is 14.7. The Balaban J connectivity index is 1.47. The van der Waals surface area contributed by atoms with Gasteiger partial charge >= 0.3 is 0 Å². The highest BCUT2D eigenvalue weighted by Gasteiger charge is 2.32. The second-order valence-electron chi connectivity index (χ2n) is 7.50. The minimum absolute atomic E-state index is 0.0366. The van der Waals surface area contributed by atoms with Crippen LogP contribution in [0.15, 0.2) is 59.3 Å². The lowest BCUT2D eigenvalue weighted by Gasteiger charge is -2.19. The fourth-order valence-corrected chi connectivity index (χ4v) is 4.17. The molecule has 1 aliphatic rings. The Morgan fingerprint density at radius 2 is 2.13 bits per heavy atom. The molecular weight excluding hydrogens is 380 g/mol. The number of nitrogens with zero attached hydrogens (tertiary/aromatic N) is 4. The molecule has 5 rings (SSSR count). The van der Waals surface area contributed by atoms with E-state index in [0.29, 0.717) is 24.4 Å². The molecule has 1 amide bonds. The molecule has 0 aliphatic carbocycles. The zero-order valence-corrected chi connectivity index (χ0v) is 16.9. The average Bonchev–Trinajstić information content (AvgIpc) is 3.51. The molecule has 4 heterocycles. The third kappa shape index (κ3) is 3.03. The molecule has 7 nitrogen and oxygen atoms in total. The lowest BCUT2D eigenvalue weighted by Crippen LogP contribution is -2.29. The monoisotopic (exact) mass is 402 g/mol. The number of amides is 1. The van der Waals surface area contributed by atoms with Gasteiger partial charge in [-0.3, -0.25) is 4.79 Å². The van der Waals surface area contributed by atoms with Crippen molar-refractivity contribution in [2.75, 3.05) is 20.2 Å². The van der Waals surface area contributed by atoms with Crippen LogP contribution in [0, 0.1) is 6.92 Å². The third-order valence-electron chi connectivity index (χ3n) is 5.67. The van der Waals surface area contributed by atoms with Crippen LogP contribution in [0.5, 0.6) is 5.75 Å². The fourth-order valence-electron chi connectivity index (χ4n) is 4.17. The summed E-state index contributed by atoms with van der Waals surface area (Å²) in [6.07, 6.45) is 4.24. The van der Waals surface area contributed by atoms with E-state index in [-0.39, 0.29) is 11.9 Å². The van der Waals surface area contributed by atoms with Gasteiger partial charge in [0, 0.05) is 24.8 Å². The molecule has 7 heteroatoms. The highest BCUT2D eigenvalue weighted by atomic mass is 16.5. The number of fused-ring (bicyclic) bond motifs is 1. The molecule has 3 aromatic heterocycles. The SMILES string of the molecule is COc1ccc(C(=O)N2CC[C@H](n3c(-c4ccco4)nc4cccnc43)C2)c(C)c1. The largest absolute Gasteiger partial charge is 0.497 e. The third-order valence-corrected chi connectivity index (χ3v) is 5.67. The predicted octanol–water partition coefficient (Wildman–Crippen LogP) is 4.10. The zero-order valence-electron chi connectivity index (χ0n) is 16.9. The van der Waals surface area contributed by atoms with Crippen LogP contribution in [0.1, 0.15) is 28.4 Å². The molecule has 0 bridgehead atoms. The maximum atomic E-state index is 13.2. The lowest BCUT2D eigenvalue weighted by atomic mass is 10.1. The zero-order chi connectivity index (χ0) is 20.7. The van der Waals surface area contributed by atoms with Gasteiger partial charge in [-0.05, 0) is 61.4 Å². The lowest BCUT2D eigenvalue weighted by molar-refractivity contribution is 0.0787. The van der Waals surface area contributed by atoms with Crippen LogP contribution in [-0.2, 0) is 0 Å². The Kier molecular flexibility index (Phi) is 4.50. The van der Waals surface area contributed by atoms with Gasteiger partial charge < -0.3 is 18.6 Å². The van der Waals surface area contributed by atoms with Crippen molar-refractivity contribution in [3.05, 3.63) is 66.1 Å². The summed E-state index contributed by atoms with van der Waals surface area (Å²) in [7, 11) is 1.63. The average molecular weight is 402 g/mol. The summed E-state index contributed by atoms with van der Waals surface area (Å²) in [5, 5.41) is 0. The number of methoxy groups -OCH3 is 1. The minimum Gasteiger partial charge on any atom is -0.497 e. The summed E-state index contributed by atoms with van der Waals surface area (Å²) >= 11 is 0. The van der Waals surface area contributed by atoms with Crippen molar-refractivity contribution in [3.63, 3.8) is 0 Å². The van der Waals surface area contributed by atoms with Crippen LogP contribution < -0.4 is 4.74 Å². The van der Waals surface area contributed by atoms with Crippen LogP contribution in [0.3, 0.4) is 0 Å².